The molecular weight excluding hydrogens is 375 g/mol. The molecule has 5 nitrogen and oxygen atoms in total. The van der Waals surface area contributed by atoms with Crippen molar-refractivity contribution in [3.8, 4) is 11.3 Å². The van der Waals surface area contributed by atoms with Gasteiger partial charge in [0, 0.05) is 24.0 Å². The van der Waals surface area contributed by atoms with E-state index < -0.39 is 6.03 Å². The average Bonchev–Trinajstić information content (AvgIpc) is 2.89. The van der Waals surface area contributed by atoms with Crippen LogP contribution in [0.4, 0.5) is 20.6 Å². The van der Waals surface area contributed by atoms with Crippen LogP contribution in [0.25, 0.3) is 11.3 Å². The van der Waals surface area contributed by atoms with Crippen molar-refractivity contribution in [1.82, 2.24) is 9.78 Å². The topological polar surface area (TPSA) is 59.0 Å². The fraction of sp³-hybridized carbons (Fsp3) is 0.0588. The summed E-state index contributed by atoms with van der Waals surface area (Å²) in [5.41, 5.74) is 2.98. The van der Waals surface area contributed by atoms with Crippen LogP contribution in [0.15, 0.2) is 59.2 Å². The number of rotatable bonds is 3. The van der Waals surface area contributed by atoms with E-state index in [1.54, 1.807) is 16.9 Å². The van der Waals surface area contributed by atoms with Gasteiger partial charge in [0.15, 0.2) is 0 Å². The Balaban J connectivity index is 1.75. The SMILES string of the molecule is Cn1ncc(Br)c1-c1cccc(NC(=O)Nc2ccc(F)cc2)c1. The Labute approximate surface area is 146 Å². The van der Waals surface area contributed by atoms with Gasteiger partial charge in [-0.2, -0.15) is 5.10 Å². The van der Waals surface area contributed by atoms with Crippen molar-refractivity contribution in [1.29, 1.82) is 0 Å². The van der Waals surface area contributed by atoms with Crippen LogP contribution in [-0.4, -0.2) is 15.8 Å². The van der Waals surface area contributed by atoms with E-state index in [4.69, 9.17) is 0 Å². The first-order chi connectivity index (χ1) is 11.5. The van der Waals surface area contributed by atoms with E-state index >= 15 is 0 Å². The summed E-state index contributed by atoms with van der Waals surface area (Å²) < 4.78 is 15.5. The van der Waals surface area contributed by atoms with E-state index in [2.05, 4.69) is 31.7 Å². The fourth-order valence-corrected chi connectivity index (χ4v) is 2.88. The molecule has 2 amide bonds. The molecule has 7 heteroatoms. The van der Waals surface area contributed by atoms with Crippen molar-refractivity contribution >= 4 is 33.3 Å². The van der Waals surface area contributed by atoms with Gasteiger partial charge in [-0.05, 0) is 52.3 Å². The molecule has 2 aromatic carbocycles. The Kier molecular flexibility index (Phi) is 4.61. The van der Waals surface area contributed by atoms with E-state index in [1.807, 2.05) is 25.2 Å². The van der Waals surface area contributed by atoms with Crippen LogP contribution in [0, 0.1) is 5.82 Å². The summed E-state index contributed by atoms with van der Waals surface area (Å²) in [5, 5.41) is 9.59. The van der Waals surface area contributed by atoms with Crippen molar-refractivity contribution in [2.75, 3.05) is 10.6 Å². The van der Waals surface area contributed by atoms with Gasteiger partial charge in [0.05, 0.1) is 16.4 Å². The van der Waals surface area contributed by atoms with Crippen molar-refractivity contribution in [2.45, 2.75) is 0 Å². The standard InChI is InChI=1S/C17H14BrFN4O/c1-23-16(15(18)10-20-23)11-3-2-4-14(9-11)22-17(24)21-13-7-5-12(19)6-8-13/h2-10H,1H3,(H2,21,22,24). The second-order valence-electron chi connectivity index (χ2n) is 5.13. The first kappa shape index (κ1) is 16.2. The Morgan fingerprint density at radius 2 is 1.83 bits per heavy atom. The third kappa shape index (κ3) is 3.62. The lowest BCUT2D eigenvalue weighted by Crippen LogP contribution is -2.19. The number of hydrogen-bond donors (Lipinski definition) is 2. The van der Waals surface area contributed by atoms with E-state index in [0.717, 1.165) is 15.7 Å². The van der Waals surface area contributed by atoms with Crippen LogP contribution >= 0.6 is 15.9 Å². The number of aromatic nitrogens is 2. The van der Waals surface area contributed by atoms with Crippen molar-refractivity contribution in [3.05, 3.63) is 65.0 Å². The minimum atomic E-state index is -0.400. The minimum Gasteiger partial charge on any atom is -0.308 e. The molecule has 0 saturated heterocycles. The normalized spacial score (nSPS) is 10.5. The number of nitrogens with one attached hydrogen (secondary N) is 2. The van der Waals surface area contributed by atoms with E-state index in [-0.39, 0.29) is 5.82 Å². The molecule has 122 valence electrons. The van der Waals surface area contributed by atoms with Crippen LogP contribution in [0.1, 0.15) is 0 Å². The number of amides is 2. The Morgan fingerprint density at radius 3 is 2.50 bits per heavy atom. The summed E-state index contributed by atoms with van der Waals surface area (Å²) in [6, 6.07) is 12.6. The van der Waals surface area contributed by atoms with Crippen LogP contribution in [0.2, 0.25) is 0 Å². The Bertz CT molecular complexity index is 857. The van der Waals surface area contributed by atoms with E-state index in [1.165, 1.54) is 24.3 Å². The molecule has 0 radical (unpaired) electrons. The van der Waals surface area contributed by atoms with E-state index in [9.17, 15) is 9.18 Å². The van der Waals surface area contributed by atoms with Gasteiger partial charge in [-0.3, -0.25) is 4.68 Å². The predicted octanol–water partition coefficient (Wildman–Crippen LogP) is 4.63. The summed E-state index contributed by atoms with van der Waals surface area (Å²) in [5.74, 6) is -0.351. The largest absolute Gasteiger partial charge is 0.323 e. The number of nitrogens with zero attached hydrogens (tertiary/aromatic N) is 2. The molecule has 24 heavy (non-hydrogen) atoms. The highest BCUT2D eigenvalue weighted by atomic mass is 79.9. The Morgan fingerprint density at radius 1 is 1.12 bits per heavy atom. The molecule has 2 N–H and O–H groups in total. The number of hydrogen-bond acceptors (Lipinski definition) is 2. The molecule has 0 fully saturated rings. The third-order valence-corrected chi connectivity index (χ3v) is 3.97. The van der Waals surface area contributed by atoms with Crippen LogP contribution in [0.5, 0.6) is 0 Å². The lowest BCUT2D eigenvalue weighted by atomic mass is 10.1. The molecular formula is C17H14BrFN4O. The highest BCUT2D eigenvalue weighted by molar-refractivity contribution is 9.10. The number of halogens is 2. The number of urea groups is 1. The van der Waals surface area contributed by atoms with Crippen molar-refractivity contribution in [3.63, 3.8) is 0 Å². The smallest absolute Gasteiger partial charge is 0.308 e. The zero-order valence-electron chi connectivity index (χ0n) is 12.8. The van der Waals surface area contributed by atoms with Gasteiger partial charge < -0.3 is 10.6 Å². The van der Waals surface area contributed by atoms with Gasteiger partial charge in [0.2, 0.25) is 0 Å². The maximum atomic E-state index is 12.9. The molecule has 3 rings (SSSR count). The zero-order chi connectivity index (χ0) is 17.1. The Hall–Kier alpha value is -2.67. The van der Waals surface area contributed by atoms with Crippen LogP contribution in [-0.2, 0) is 7.05 Å². The molecule has 0 atom stereocenters. The molecule has 0 aliphatic carbocycles. The second kappa shape index (κ2) is 6.84. The number of benzene rings is 2. The van der Waals surface area contributed by atoms with Crippen molar-refractivity contribution in [2.24, 2.45) is 7.05 Å². The zero-order valence-corrected chi connectivity index (χ0v) is 14.3. The molecule has 0 spiro atoms. The predicted molar refractivity (Wildman–Crippen MR) is 95.4 cm³/mol. The molecule has 0 saturated carbocycles. The summed E-state index contributed by atoms with van der Waals surface area (Å²) in [4.78, 5) is 12.1. The fourth-order valence-electron chi connectivity index (χ4n) is 2.31. The third-order valence-electron chi connectivity index (χ3n) is 3.39. The minimum absolute atomic E-state index is 0.351. The molecule has 3 aromatic rings. The molecule has 1 aromatic heterocycles. The molecule has 0 unspecified atom stereocenters. The second-order valence-corrected chi connectivity index (χ2v) is 5.99. The van der Waals surface area contributed by atoms with Gasteiger partial charge in [0.1, 0.15) is 5.82 Å². The summed E-state index contributed by atoms with van der Waals surface area (Å²) in [7, 11) is 1.85. The molecule has 1 heterocycles. The van der Waals surface area contributed by atoms with Gasteiger partial charge in [-0.1, -0.05) is 12.1 Å². The maximum Gasteiger partial charge on any atom is 0.323 e. The number of carbonyl (C=O) groups excluding carboxylic acids is 1. The van der Waals surface area contributed by atoms with Crippen LogP contribution in [0.3, 0.4) is 0 Å². The highest BCUT2D eigenvalue weighted by Crippen LogP contribution is 2.29. The van der Waals surface area contributed by atoms with Gasteiger partial charge >= 0.3 is 6.03 Å². The molecule has 0 aliphatic rings. The molecule has 0 aliphatic heterocycles. The number of carbonyl (C=O) groups is 1. The highest BCUT2D eigenvalue weighted by Gasteiger charge is 2.10. The maximum absolute atomic E-state index is 12.9. The van der Waals surface area contributed by atoms with Gasteiger partial charge in [0.25, 0.3) is 0 Å². The summed E-state index contributed by atoms with van der Waals surface area (Å²) in [6.07, 6.45) is 1.72. The number of aryl methyl sites for hydroxylation is 1. The van der Waals surface area contributed by atoms with Crippen LogP contribution < -0.4 is 10.6 Å². The van der Waals surface area contributed by atoms with Gasteiger partial charge in [-0.25, -0.2) is 9.18 Å². The monoisotopic (exact) mass is 388 g/mol. The van der Waals surface area contributed by atoms with Crippen molar-refractivity contribution < 1.29 is 9.18 Å². The number of anilines is 2. The van der Waals surface area contributed by atoms with Gasteiger partial charge in [-0.15, -0.1) is 0 Å². The molecule has 0 bridgehead atoms. The summed E-state index contributed by atoms with van der Waals surface area (Å²) in [6.45, 7) is 0. The quantitative estimate of drug-likeness (QED) is 0.686. The lowest BCUT2D eigenvalue weighted by Gasteiger charge is -2.10. The first-order valence-electron chi connectivity index (χ1n) is 7.14. The van der Waals surface area contributed by atoms with E-state index in [0.29, 0.717) is 11.4 Å². The first-order valence-corrected chi connectivity index (χ1v) is 7.94. The average molecular weight is 389 g/mol. The lowest BCUT2D eigenvalue weighted by molar-refractivity contribution is 0.262. The summed E-state index contributed by atoms with van der Waals surface area (Å²) >= 11 is 3.47.